The van der Waals surface area contributed by atoms with Crippen LogP contribution in [0.1, 0.15) is 16.7 Å². The summed E-state index contributed by atoms with van der Waals surface area (Å²) in [5.74, 6) is -0.181. The van der Waals surface area contributed by atoms with E-state index < -0.39 is 0 Å². The maximum atomic E-state index is 11.3. The second-order valence-corrected chi connectivity index (χ2v) is 4.29. The van der Waals surface area contributed by atoms with Crippen molar-refractivity contribution in [3.63, 3.8) is 0 Å². The van der Waals surface area contributed by atoms with Crippen LogP contribution in [0.3, 0.4) is 0 Å². The van der Waals surface area contributed by atoms with E-state index in [0.717, 1.165) is 25.1 Å². The van der Waals surface area contributed by atoms with E-state index >= 15 is 0 Å². The number of nitrogens with two attached hydrogens (primary N) is 1. The normalized spacial score (nSPS) is 15.4. The Kier molecular flexibility index (Phi) is 3.76. The van der Waals surface area contributed by atoms with Gasteiger partial charge in [-0.15, -0.1) is 0 Å². The van der Waals surface area contributed by atoms with Crippen molar-refractivity contribution in [3.8, 4) is 0 Å². The van der Waals surface area contributed by atoms with Gasteiger partial charge in [0.05, 0.1) is 13.5 Å². The molecule has 0 fully saturated rings. The van der Waals surface area contributed by atoms with E-state index in [-0.39, 0.29) is 5.97 Å². The zero-order valence-electron chi connectivity index (χ0n) is 10.1. The standard InChI is InChI=1S/C13H18N2O2/c1-17-13(16)7-10-3-2-4-11-8-15(9-14)6-5-12(10)11/h2-4H,5-9,14H2,1H3. The molecule has 2 rings (SSSR count). The minimum atomic E-state index is -0.181. The number of nitrogens with zero attached hydrogens (tertiary/aromatic N) is 1. The van der Waals surface area contributed by atoms with Crippen LogP contribution in [0.25, 0.3) is 0 Å². The Bertz CT molecular complexity index is 418. The van der Waals surface area contributed by atoms with E-state index in [2.05, 4.69) is 11.0 Å². The lowest BCUT2D eigenvalue weighted by atomic mass is 9.93. The summed E-state index contributed by atoms with van der Waals surface area (Å²) in [6.45, 7) is 2.42. The predicted molar refractivity (Wildman–Crippen MR) is 65.3 cm³/mol. The van der Waals surface area contributed by atoms with Gasteiger partial charge >= 0.3 is 5.97 Å². The van der Waals surface area contributed by atoms with Crippen molar-refractivity contribution >= 4 is 5.97 Å². The number of carbonyl (C=O) groups excluding carboxylic acids is 1. The number of hydrogen-bond donors (Lipinski definition) is 1. The number of rotatable bonds is 3. The van der Waals surface area contributed by atoms with Gasteiger partial charge in [-0.2, -0.15) is 0 Å². The summed E-state index contributed by atoms with van der Waals surface area (Å²) in [5, 5.41) is 0. The van der Waals surface area contributed by atoms with Crippen molar-refractivity contribution in [3.05, 3.63) is 34.9 Å². The summed E-state index contributed by atoms with van der Waals surface area (Å²) >= 11 is 0. The van der Waals surface area contributed by atoms with Crippen LogP contribution in [0.15, 0.2) is 18.2 Å². The van der Waals surface area contributed by atoms with Crippen LogP contribution in [-0.4, -0.2) is 31.2 Å². The van der Waals surface area contributed by atoms with Crippen LogP contribution in [0, 0.1) is 0 Å². The van der Waals surface area contributed by atoms with E-state index in [9.17, 15) is 4.79 Å². The van der Waals surface area contributed by atoms with Gasteiger partial charge in [0.15, 0.2) is 0 Å². The highest BCUT2D eigenvalue weighted by atomic mass is 16.5. The molecule has 0 saturated heterocycles. The minimum Gasteiger partial charge on any atom is -0.469 e. The molecule has 0 bridgehead atoms. The Labute approximate surface area is 101 Å². The maximum Gasteiger partial charge on any atom is 0.309 e. The average Bonchev–Trinajstić information content (AvgIpc) is 2.38. The molecule has 17 heavy (non-hydrogen) atoms. The first-order chi connectivity index (χ1) is 8.24. The number of methoxy groups -OCH3 is 1. The Morgan fingerprint density at radius 2 is 2.35 bits per heavy atom. The first-order valence-corrected chi connectivity index (χ1v) is 5.83. The molecule has 0 aliphatic carbocycles. The van der Waals surface area contributed by atoms with Crippen molar-refractivity contribution in [2.45, 2.75) is 19.4 Å². The molecule has 0 saturated carbocycles. The molecule has 1 aromatic carbocycles. The highest BCUT2D eigenvalue weighted by Crippen LogP contribution is 2.22. The monoisotopic (exact) mass is 234 g/mol. The second kappa shape index (κ2) is 5.29. The van der Waals surface area contributed by atoms with Crippen LogP contribution in [0.5, 0.6) is 0 Å². The molecule has 0 unspecified atom stereocenters. The lowest BCUT2D eigenvalue weighted by Gasteiger charge is -2.28. The first kappa shape index (κ1) is 12.1. The lowest BCUT2D eigenvalue weighted by Crippen LogP contribution is -2.35. The van der Waals surface area contributed by atoms with Gasteiger partial charge in [-0.25, -0.2) is 0 Å². The van der Waals surface area contributed by atoms with Crippen molar-refractivity contribution in [2.24, 2.45) is 5.73 Å². The van der Waals surface area contributed by atoms with E-state index in [4.69, 9.17) is 10.5 Å². The van der Waals surface area contributed by atoms with E-state index in [1.165, 1.54) is 18.2 Å². The highest BCUT2D eigenvalue weighted by Gasteiger charge is 2.18. The molecule has 1 aliphatic heterocycles. The molecule has 1 aliphatic rings. The molecular weight excluding hydrogens is 216 g/mol. The quantitative estimate of drug-likeness (QED) is 0.781. The summed E-state index contributed by atoms with van der Waals surface area (Å²) in [7, 11) is 1.42. The zero-order chi connectivity index (χ0) is 12.3. The fourth-order valence-electron chi connectivity index (χ4n) is 2.30. The van der Waals surface area contributed by atoms with Gasteiger partial charge in [0.2, 0.25) is 0 Å². The lowest BCUT2D eigenvalue weighted by molar-refractivity contribution is -0.139. The van der Waals surface area contributed by atoms with Gasteiger partial charge in [0, 0.05) is 19.8 Å². The Morgan fingerprint density at radius 3 is 3.06 bits per heavy atom. The number of fused-ring (bicyclic) bond motifs is 1. The van der Waals surface area contributed by atoms with E-state index in [1.807, 2.05) is 12.1 Å². The number of hydrogen-bond acceptors (Lipinski definition) is 4. The summed E-state index contributed by atoms with van der Waals surface area (Å²) in [5.41, 5.74) is 9.32. The van der Waals surface area contributed by atoms with E-state index in [1.54, 1.807) is 0 Å². The molecule has 4 nitrogen and oxygen atoms in total. The van der Waals surface area contributed by atoms with Crippen molar-refractivity contribution in [2.75, 3.05) is 20.3 Å². The SMILES string of the molecule is COC(=O)Cc1cccc2c1CCN(CN)C2. The molecule has 1 aromatic rings. The second-order valence-electron chi connectivity index (χ2n) is 4.29. The Balaban J connectivity index is 2.22. The maximum absolute atomic E-state index is 11.3. The Morgan fingerprint density at radius 1 is 1.53 bits per heavy atom. The van der Waals surface area contributed by atoms with Gasteiger partial charge in [-0.3, -0.25) is 9.69 Å². The summed E-state index contributed by atoms with van der Waals surface area (Å²) in [4.78, 5) is 13.5. The molecule has 0 atom stereocenters. The Hall–Kier alpha value is -1.39. The fraction of sp³-hybridized carbons (Fsp3) is 0.462. The fourth-order valence-corrected chi connectivity index (χ4v) is 2.30. The molecule has 0 amide bonds. The summed E-state index contributed by atoms with van der Waals surface area (Å²) in [6.07, 6.45) is 1.32. The van der Waals surface area contributed by atoms with Crippen LogP contribution in [0.4, 0.5) is 0 Å². The third kappa shape index (κ3) is 2.65. The molecule has 1 heterocycles. The topological polar surface area (TPSA) is 55.6 Å². The molecule has 0 radical (unpaired) electrons. The van der Waals surface area contributed by atoms with Crippen molar-refractivity contribution in [1.29, 1.82) is 0 Å². The molecule has 92 valence electrons. The smallest absolute Gasteiger partial charge is 0.309 e. The van der Waals surface area contributed by atoms with E-state index in [0.29, 0.717) is 13.1 Å². The number of ether oxygens (including phenoxy) is 1. The molecular formula is C13H18N2O2. The number of esters is 1. The van der Waals surface area contributed by atoms with Crippen molar-refractivity contribution < 1.29 is 9.53 Å². The predicted octanol–water partition coefficient (Wildman–Crippen LogP) is 0.676. The van der Waals surface area contributed by atoms with Gasteiger partial charge in [0.1, 0.15) is 0 Å². The van der Waals surface area contributed by atoms with Crippen LogP contribution in [-0.2, 0) is 28.9 Å². The number of carbonyl (C=O) groups is 1. The minimum absolute atomic E-state index is 0.181. The van der Waals surface area contributed by atoms with Gasteiger partial charge in [0.25, 0.3) is 0 Å². The third-order valence-corrected chi connectivity index (χ3v) is 3.26. The van der Waals surface area contributed by atoms with Crippen LogP contribution < -0.4 is 5.73 Å². The summed E-state index contributed by atoms with van der Waals surface area (Å²) < 4.78 is 4.72. The summed E-state index contributed by atoms with van der Waals surface area (Å²) in [6, 6.07) is 6.11. The van der Waals surface area contributed by atoms with Crippen molar-refractivity contribution in [1.82, 2.24) is 4.90 Å². The van der Waals surface area contributed by atoms with Gasteiger partial charge in [-0.1, -0.05) is 18.2 Å². The molecule has 2 N–H and O–H groups in total. The van der Waals surface area contributed by atoms with Crippen LogP contribution >= 0.6 is 0 Å². The number of benzene rings is 1. The van der Waals surface area contributed by atoms with Crippen LogP contribution in [0.2, 0.25) is 0 Å². The van der Waals surface area contributed by atoms with Gasteiger partial charge in [-0.05, 0) is 23.1 Å². The third-order valence-electron chi connectivity index (χ3n) is 3.26. The largest absolute Gasteiger partial charge is 0.469 e. The first-order valence-electron chi connectivity index (χ1n) is 5.83. The molecule has 0 aromatic heterocycles. The molecule has 4 heteroatoms. The van der Waals surface area contributed by atoms with Gasteiger partial charge < -0.3 is 10.5 Å². The molecule has 0 spiro atoms. The zero-order valence-corrected chi connectivity index (χ0v) is 10.1. The highest BCUT2D eigenvalue weighted by molar-refractivity contribution is 5.73. The average molecular weight is 234 g/mol.